The van der Waals surface area contributed by atoms with Gasteiger partial charge in [0.05, 0.1) is 5.54 Å². The van der Waals surface area contributed by atoms with Crippen LogP contribution in [-0.2, 0) is 5.54 Å². The number of aromatic nitrogens is 1. The van der Waals surface area contributed by atoms with Gasteiger partial charge >= 0.3 is 0 Å². The molecule has 0 saturated heterocycles. The number of hydrogen-bond donors (Lipinski definition) is 1. The summed E-state index contributed by atoms with van der Waals surface area (Å²) in [5.74, 6) is 0.895. The summed E-state index contributed by atoms with van der Waals surface area (Å²) < 4.78 is 0. The molecule has 2 rings (SSSR count). The molecule has 2 N–H and O–H groups in total. The molecule has 17 heavy (non-hydrogen) atoms. The Labute approximate surface area is 109 Å². The van der Waals surface area contributed by atoms with Crippen LogP contribution in [0.3, 0.4) is 0 Å². The van der Waals surface area contributed by atoms with Crippen molar-refractivity contribution in [2.45, 2.75) is 64.3 Å². The van der Waals surface area contributed by atoms with Crippen molar-refractivity contribution in [3.8, 4) is 0 Å². The lowest BCUT2D eigenvalue weighted by molar-refractivity contribution is 0.365. The van der Waals surface area contributed by atoms with Gasteiger partial charge in [0.2, 0.25) is 0 Å². The fraction of sp³-hybridized carbons (Fsp3) is 0.786. The van der Waals surface area contributed by atoms with Crippen LogP contribution in [-0.4, -0.2) is 4.98 Å². The molecule has 0 aromatic carbocycles. The summed E-state index contributed by atoms with van der Waals surface area (Å²) in [7, 11) is 0. The fourth-order valence-electron chi connectivity index (χ4n) is 2.93. The van der Waals surface area contributed by atoms with Gasteiger partial charge in [-0.25, -0.2) is 4.98 Å². The van der Waals surface area contributed by atoms with Crippen molar-refractivity contribution in [1.29, 1.82) is 0 Å². The first-order valence-electron chi connectivity index (χ1n) is 6.85. The number of nitrogens with two attached hydrogens (primary N) is 1. The summed E-state index contributed by atoms with van der Waals surface area (Å²) in [6.45, 7) is 4.34. The highest BCUT2D eigenvalue weighted by atomic mass is 32.1. The Morgan fingerprint density at radius 3 is 2.94 bits per heavy atom. The second-order valence-electron chi connectivity index (χ2n) is 5.54. The van der Waals surface area contributed by atoms with E-state index >= 15 is 0 Å². The molecule has 2 unspecified atom stereocenters. The molecule has 1 aliphatic rings. The van der Waals surface area contributed by atoms with E-state index in [1.165, 1.54) is 32.1 Å². The van der Waals surface area contributed by atoms with Gasteiger partial charge in [0, 0.05) is 11.1 Å². The van der Waals surface area contributed by atoms with E-state index in [4.69, 9.17) is 5.73 Å². The van der Waals surface area contributed by atoms with E-state index in [0.717, 1.165) is 29.5 Å². The number of nitrogens with zero attached hydrogens (tertiary/aromatic N) is 1. The molecule has 2 atom stereocenters. The van der Waals surface area contributed by atoms with Gasteiger partial charge in [-0.1, -0.05) is 32.6 Å². The third-order valence-corrected chi connectivity index (χ3v) is 5.16. The maximum absolute atomic E-state index is 6.60. The van der Waals surface area contributed by atoms with Crippen molar-refractivity contribution < 1.29 is 0 Å². The monoisotopic (exact) mass is 252 g/mol. The molecular weight excluding hydrogens is 228 g/mol. The molecule has 1 saturated carbocycles. The smallest absolute Gasteiger partial charge is 0.113 e. The highest BCUT2D eigenvalue weighted by Gasteiger charge is 2.33. The van der Waals surface area contributed by atoms with Gasteiger partial charge in [0.15, 0.2) is 0 Å². The predicted octanol–water partition coefficient (Wildman–Crippen LogP) is 3.99. The highest BCUT2D eigenvalue weighted by molar-refractivity contribution is 7.09. The zero-order chi connectivity index (χ0) is 12.3. The number of aryl methyl sites for hydroxylation is 1. The molecule has 1 fully saturated rings. The Morgan fingerprint density at radius 2 is 2.29 bits per heavy atom. The van der Waals surface area contributed by atoms with Gasteiger partial charge in [-0.2, -0.15) is 0 Å². The van der Waals surface area contributed by atoms with Gasteiger partial charge in [0.1, 0.15) is 5.01 Å². The second kappa shape index (κ2) is 5.49. The first-order valence-corrected chi connectivity index (χ1v) is 7.73. The van der Waals surface area contributed by atoms with Crippen LogP contribution in [0.4, 0.5) is 0 Å². The summed E-state index contributed by atoms with van der Waals surface area (Å²) in [4.78, 5) is 4.61. The van der Waals surface area contributed by atoms with Gasteiger partial charge < -0.3 is 5.73 Å². The SMILES string of the molecule is CCCC1CCCC(N)(c2nc(C)cs2)CC1. The standard InChI is InChI=1S/C14H24N2S/c1-3-5-12-6-4-8-14(15,9-7-12)13-16-11(2)10-17-13/h10,12H,3-9,15H2,1-2H3. The summed E-state index contributed by atoms with van der Waals surface area (Å²) in [5, 5.41) is 3.28. The van der Waals surface area contributed by atoms with Gasteiger partial charge in [-0.3, -0.25) is 0 Å². The van der Waals surface area contributed by atoms with E-state index < -0.39 is 0 Å². The number of thiazole rings is 1. The quantitative estimate of drug-likeness (QED) is 0.826. The maximum atomic E-state index is 6.60. The summed E-state index contributed by atoms with van der Waals surface area (Å²) in [6, 6.07) is 0. The molecule has 0 spiro atoms. The first-order chi connectivity index (χ1) is 8.14. The highest BCUT2D eigenvalue weighted by Crippen LogP contribution is 2.38. The lowest BCUT2D eigenvalue weighted by Crippen LogP contribution is -2.36. The van der Waals surface area contributed by atoms with E-state index in [0.29, 0.717) is 0 Å². The van der Waals surface area contributed by atoms with Crippen LogP contribution >= 0.6 is 11.3 Å². The molecule has 0 bridgehead atoms. The van der Waals surface area contributed by atoms with Gasteiger partial charge in [-0.15, -0.1) is 11.3 Å². The maximum Gasteiger partial charge on any atom is 0.113 e. The molecule has 0 amide bonds. The molecule has 1 heterocycles. The average Bonchev–Trinajstić information content (AvgIpc) is 2.65. The molecule has 3 heteroatoms. The van der Waals surface area contributed by atoms with E-state index in [1.807, 2.05) is 0 Å². The molecule has 0 radical (unpaired) electrons. The van der Waals surface area contributed by atoms with Gasteiger partial charge in [0.25, 0.3) is 0 Å². The Kier molecular flexibility index (Phi) is 4.21. The van der Waals surface area contributed by atoms with Crippen molar-refractivity contribution in [1.82, 2.24) is 4.98 Å². The largest absolute Gasteiger partial charge is 0.319 e. The molecule has 2 nitrogen and oxygen atoms in total. The van der Waals surface area contributed by atoms with Crippen molar-refractivity contribution in [2.75, 3.05) is 0 Å². The van der Waals surface area contributed by atoms with E-state index in [9.17, 15) is 0 Å². The van der Waals surface area contributed by atoms with E-state index in [-0.39, 0.29) is 5.54 Å². The van der Waals surface area contributed by atoms with Crippen molar-refractivity contribution in [2.24, 2.45) is 11.7 Å². The van der Waals surface area contributed by atoms with E-state index in [1.54, 1.807) is 11.3 Å². The normalized spacial score (nSPS) is 30.2. The van der Waals surface area contributed by atoms with Crippen LogP contribution in [0.15, 0.2) is 5.38 Å². The zero-order valence-electron chi connectivity index (χ0n) is 11.0. The summed E-state index contributed by atoms with van der Waals surface area (Å²) in [6.07, 6.45) is 8.80. The number of rotatable bonds is 3. The van der Waals surface area contributed by atoms with Crippen LogP contribution in [0.25, 0.3) is 0 Å². The lowest BCUT2D eigenvalue weighted by Gasteiger charge is -2.25. The van der Waals surface area contributed by atoms with E-state index in [2.05, 4.69) is 24.2 Å². The minimum atomic E-state index is -0.137. The number of hydrogen-bond acceptors (Lipinski definition) is 3. The lowest BCUT2D eigenvalue weighted by atomic mass is 9.90. The van der Waals surface area contributed by atoms with Gasteiger partial charge in [-0.05, 0) is 32.1 Å². The Morgan fingerprint density at radius 1 is 1.47 bits per heavy atom. The molecular formula is C14H24N2S. The zero-order valence-corrected chi connectivity index (χ0v) is 11.9. The minimum Gasteiger partial charge on any atom is -0.319 e. The molecule has 1 aliphatic carbocycles. The topological polar surface area (TPSA) is 38.9 Å². The van der Waals surface area contributed by atoms with Crippen LogP contribution in [0.5, 0.6) is 0 Å². The predicted molar refractivity (Wildman–Crippen MR) is 74.2 cm³/mol. The second-order valence-corrected chi connectivity index (χ2v) is 6.39. The van der Waals surface area contributed by atoms with Crippen LogP contribution in [0, 0.1) is 12.8 Å². The Hall–Kier alpha value is -0.410. The summed E-state index contributed by atoms with van der Waals surface area (Å²) in [5.41, 5.74) is 7.58. The minimum absolute atomic E-state index is 0.137. The molecule has 1 aromatic heterocycles. The average molecular weight is 252 g/mol. The van der Waals surface area contributed by atoms with Crippen LogP contribution in [0.2, 0.25) is 0 Å². The van der Waals surface area contributed by atoms with Crippen LogP contribution < -0.4 is 5.73 Å². The first kappa shape index (κ1) is 13.0. The summed E-state index contributed by atoms with van der Waals surface area (Å²) >= 11 is 1.74. The van der Waals surface area contributed by atoms with Crippen LogP contribution in [0.1, 0.15) is 62.6 Å². The van der Waals surface area contributed by atoms with Crippen molar-refractivity contribution in [3.05, 3.63) is 16.1 Å². The Balaban J connectivity index is 2.06. The molecule has 0 aliphatic heterocycles. The third-order valence-electron chi connectivity index (χ3n) is 3.98. The van der Waals surface area contributed by atoms with Crippen molar-refractivity contribution >= 4 is 11.3 Å². The third kappa shape index (κ3) is 3.08. The van der Waals surface area contributed by atoms with Crippen molar-refractivity contribution in [3.63, 3.8) is 0 Å². The molecule has 96 valence electrons. The fourth-order valence-corrected chi connectivity index (χ4v) is 3.90. The Bertz CT molecular complexity index is 361. The molecule has 1 aromatic rings.